The highest BCUT2D eigenvalue weighted by atomic mass is 127. The number of benzene rings is 2. The lowest BCUT2D eigenvalue weighted by atomic mass is 10.2. The van der Waals surface area contributed by atoms with Crippen molar-refractivity contribution in [3.05, 3.63) is 51.2 Å². The summed E-state index contributed by atoms with van der Waals surface area (Å²) in [5.74, 6) is -3.90. The topological polar surface area (TPSA) is 133 Å². The van der Waals surface area contributed by atoms with E-state index in [2.05, 4.69) is 27.3 Å². The van der Waals surface area contributed by atoms with Crippen LogP contribution in [0.5, 0.6) is 17.2 Å². The Hall–Kier alpha value is -0.930. The van der Waals surface area contributed by atoms with Gasteiger partial charge in [-0.05, 0) is 92.0 Å². The van der Waals surface area contributed by atoms with E-state index in [4.69, 9.17) is 9.29 Å². The number of halogens is 5. The van der Waals surface area contributed by atoms with Gasteiger partial charge in [-0.2, -0.15) is 17.2 Å². The second-order valence-corrected chi connectivity index (χ2v) is 10.1. The van der Waals surface area contributed by atoms with E-state index in [9.17, 15) is 32.1 Å². The van der Waals surface area contributed by atoms with Crippen molar-refractivity contribution in [1.29, 1.82) is 0 Å². The average Bonchev–Trinajstić information content (AvgIpc) is 2.56. The predicted octanol–water partition coefficient (Wildman–Crippen LogP) is 4.59. The van der Waals surface area contributed by atoms with Crippen LogP contribution in [0.15, 0.2) is 30.3 Å². The van der Waals surface area contributed by atoms with E-state index in [1.165, 1.54) is 0 Å². The van der Waals surface area contributed by atoms with Gasteiger partial charge in [0, 0.05) is 3.57 Å². The predicted molar refractivity (Wildman–Crippen MR) is 120 cm³/mol. The minimum absolute atomic E-state index is 0.237. The minimum atomic E-state index is -6.14. The average molecular weight is 767 g/mol. The smallest absolute Gasteiger partial charge is 0.448 e. The fourth-order valence-corrected chi connectivity index (χ4v) is 5.90. The van der Waals surface area contributed by atoms with Crippen LogP contribution >= 0.6 is 67.8 Å². The van der Waals surface area contributed by atoms with E-state index in [-0.39, 0.29) is 5.75 Å². The summed E-state index contributed by atoms with van der Waals surface area (Å²) in [5, 5.41) is 6.14. The van der Waals surface area contributed by atoms with Crippen LogP contribution in [0.3, 0.4) is 0 Å². The van der Waals surface area contributed by atoms with Gasteiger partial charge < -0.3 is 9.47 Å². The maximum absolute atomic E-state index is 13.4. The summed E-state index contributed by atoms with van der Waals surface area (Å²) in [6.45, 7) is 0. The minimum Gasteiger partial charge on any atom is -0.448 e. The summed E-state index contributed by atoms with van der Waals surface area (Å²) in [7, 11) is -6.14. The zero-order chi connectivity index (χ0) is 22.1. The van der Waals surface area contributed by atoms with Gasteiger partial charge in [0.15, 0.2) is 5.75 Å². The zero-order valence-electron chi connectivity index (χ0n) is 13.4. The second kappa shape index (κ2) is 9.06. The van der Waals surface area contributed by atoms with Crippen LogP contribution in [0.4, 0.5) is 14.5 Å². The van der Waals surface area contributed by atoms with Crippen molar-refractivity contribution >= 4 is 89.5 Å². The first-order valence-electron chi connectivity index (χ1n) is 6.92. The SMILES string of the molecule is O=C(Oc1cccc(Oc2c(I)cc(I)cc2I)c1[N+](=O)[O-])C(F)(F)S(=O)(=O)O. The summed E-state index contributed by atoms with van der Waals surface area (Å²) in [6, 6.07) is 6.50. The molecule has 0 saturated carbocycles. The normalized spacial score (nSPS) is 11.8. The molecule has 0 aliphatic carbocycles. The Morgan fingerprint density at radius 3 is 2.14 bits per heavy atom. The monoisotopic (exact) mass is 767 g/mol. The van der Waals surface area contributed by atoms with E-state index in [0.717, 1.165) is 21.8 Å². The number of para-hydroxylation sites is 1. The Morgan fingerprint density at radius 2 is 1.66 bits per heavy atom. The van der Waals surface area contributed by atoms with Gasteiger partial charge in [-0.3, -0.25) is 14.7 Å². The van der Waals surface area contributed by atoms with Gasteiger partial charge in [-0.15, -0.1) is 0 Å². The Bertz CT molecular complexity index is 1090. The van der Waals surface area contributed by atoms with E-state index in [1.807, 2.05) is 45.2 Å². The zero-order valence-corrected chi connectivity index (χ0v) is 20.7. The van der Waals surface area contributed by atoms with Crippen molar-refractivity contribution in [3.63, 3.8) is 0 Å². The molecule has 0 atom stereocenters. The number of nitro benzene ring substituents is 1. The number of carbonyl (C=O) groups excluding carboxylic acids is 1. The number of alkyl halides is 2. The molecule has 2 aromatic rings. The van der Waals surface area contributed by atoms with Crippen molar-refractivity contribution in [3.8, 4) is 17.2 Å². The van der Waals surface area contributed by atoms with Crippen LogP contribution in [0.1, 0.15) is 0 Å². The van der Waals surface area contributed by atoms with Gasteiger partial charge in [0.1, 0.15) is 0 Å². The maximum Gasteiger partial charge on any atom is 0.466 e. The van der Waals surface area contributed by atoms with Crippen LogP contribution in [0, 0.1) is 20.8 Å². The van der Waals surface area contributed by atoms with Crippen LogP contribution in [0.25, 0.3) is 0 Å². The number of nitro groups is 1. The molecule has 0 amide bonds. The molecule has 0 aliphatic heterocycles. The van der Waals surface area contributed by atoms with Crippen molar-refractivity contribution < 1.29 is 40.9 Å². The Labute approximate surface area is 202 Å². The van der Waals surface area contributed by atoms with Crippen molar-refractivity contribution in [2.24, 2.45) is 0 Å². The third kappa shape index (κ3) is 5.41. The highest BCUT2D eigenvalue weighted by Crippen LogP contribution is 2.42. The lowest BCUT2D eigenvalue weighted by Crippen LogP contribution is -2.40. The van der Waals surface area contributed by atoms with Crippen molar-refractivity contribution in [1.82, 2.24) is 0 Å². The molecule has 29 heavy (non-hydrogen) atoms. The number of hydrogen-bond donors (Lipinski definition) is 1. The molecular weight excluding hydrogens is 761 g/mol. The molecular formula is C14H6F2I3NO8S. The summed E-state index contributed by atoms with van der Waals surface area (Å²) in [5.41, 5.74) is -0.989. The third-order valence-corrected chi connectivity index (χ3v) is 6.12. The lowest BCUT2D eigenvalue weighted by molar-refractivity contribution is -0.386. The van der Waals surface area contributed by atoms with Gasteiger partial charge in [0.25, 0.3) is 0 Å². The standard InChI is InChI=1S/C14H6F2I3NO8S/c15-14(16,29(24,25)26)13(21)28-10-3-1-2-9(11(10)20(22)23)27-12-7(18)4-6(17)5-8(12)19/h1-5H,(H,24,25,26). The Balaban J connectivity index is 2.51. The molecule has 156 valence electrons. The fraction of sp³-hybridized carbons (Fsp3) is 0.0714. The Morgan fingerprint density at radius 1 is 1.14 bits per heavy atom. The number of ether oxygens (including phenoxy) is 2. The second-order valence-electron chi connectivity index (χ2n) is 5.04. The number of esters is 1. The highest BCUT2D eigenvalue weighted by Gasteiger charge is 2.55. The molecule has 0 saturated heterocycles. The molecule has 2 aromatic carbocycles. The molecule has 0 heterocycles. The van der Waals surface area contributed by atoms with Gasteiger partial charge in [-0.1, -0.05) is 6.07 Å². The quantitative estimate of drug-likeness (QED) is 0.113. The highest BCUT2D eigenvalue weighted by molar-refractivity contribution is 14.1. The summed E-state index contributed by atoms with van der Waals surface area (Å²) in [4.78, 5) is 21.9. The molecule has 0 radical (unpaired) electrons. The summed E-state index contributed by atoms with van der Waals surface area (Å²) >= 11 is 5.92. The van der Waals surface area contributed by atoms with Gasteiger partial charge in [-0.25, -0.2) is 4.79 Å². The van der Waals surface area contributed by atoms with Crippen molar-refractivity contribution in [2.75, 3.05) is 0 Å². The molecule has 0 aromatic heterocycles. The molecule has 0 aliphatic rings. The molecule has 0 bridgehead atoms. The molecule has 0 spiro atoms. The first-order valence-corrected chi connectivity index (χ1v) is 11.6. The molecule has 1 N–H and O–H groups in total. The van der Waals surface area contributed by atoms with E-state index >= 15 is 0 Å². The van der Waals surface area contributed by atoms with Gasteiger partial charge in [0.05, 0.1) is 12.1 Å². The molecule has 9 nitrogen and oxygen atoms in total. The van der Waals surface area contributed by atoms with E-state index < -0.39 is 43.5 Å². The van der Waals surface area contributed by atoms with Crippen molar-refractivity contribution in [2.45, 2.75) is 5.25 Å². The summed E-state index contributed by atoms with van der Waals surface area (Å²) in [6.07, 6.45) is 0. The largest absolute Gasteiger partial charge is 0.466 e. The molecule has 0 fully saturated rings. The molecule has 15 heteroatoms. The fourth-order valence-electron chi connectivity index (χ4n) is 1.85. The van der Waals surface area contributed by atoms with E-state index in [1.54, 1.807) is 12.1 Å². The van der Waals surface area contributed by atoms with E-state index in [0.29, 0.717) is 7.14 Å². The van der Waals surface area contributed by atoms with Gasteiger partial charge in [0.2, 0.25) is 11.5 Å². The number of hydrogen-bond acceptors (Lipinski definition) is 7. The van der Waals surface area contributed by atoms with Crippen LogP contribution in [-0.2, 0) is 14.9 Å². The van der Waals surface area contributed by atoms with Crippen LogP contribution in [0.2, 0.25) is 0 Å². The summed E-state index contributed by atoms with van der Waals surface area (Å²) < 4.78 is 68.4. The first kappa shape index (κ1) is 24.3. The molecule has 0 unspecified atom stereocenters. The number of nitrogens with zero attached hydrogens (tertiary/aromatic N) is 1. The van der Waals surface area contributed by atoms with Crippen LogP contribution < -0.4 is 9.47 Å². The third-order valence-electron chi connectivity index (χ3n) is 3.08. The van der Waals surface area contributed by atoms with Gasteiger partial charge >= 0.3 is 27.0 Å². The number of carbonyl (C=O) groups is 1. The number of rotatable bonds is 6. The lowest BCUT2D eigenvalue weighted by Gasteiger charge is -2.14. The Kier molecular flexibility index (Phi) is 7.60. The maximum atomic E-state index is 13.4. The first-order chi connectivity index (χ1) is 13.3. The molecule has 2 rings (SSSR count). The van der Waals surface area contributed by atoms with Crippen LogP contribution in [-0.4, -0.2) is 29.1 Å².